The molecule has 0 aliphatic rings. The number of hydrogen-bond acceptors (Lipinski definition) is 4. The molecule has 1 amide bonds. The number of amides is 1. The van der Waals surface area contributed by atoms with E-state index in [2.05, 4.69) is 4.98 Å². The summed E-state index contributed by atoms with van der Waals surface area (Å²) >= 11 is 0. The van der Waals surface area contributed by atoms with Crippen LogP contribution in [0.25, 0.3) is 0 Å². The van der Waals surface area contributed by atoms with Crippen LogP contribution in [0.2, 0.25) is 0 Å². The molecular weight excluding hydrogens is 186 g/mol. The predicted molar refractivity (Wildman–Crippen MR) is 48.9 cm³/mol. The highest BCUT2D eigenvalue weighted by Crippen LogP contribution is 2.20. The van der Waals surface area contributed by atoms with Gasteiger partial charge in [-0.25, -0.2) is 0 Å². The first-order valence-corrected chi connectivity index (χ1v) is 3.85. The smallest absolute Gasteiger partial charge is 0.365 e. The molecule has 1 rings (SSSR count). The van der Waals surface area contributed by atoms with Gasteiger partial charge in [-0.15, -0.1) is 0 Å². The van der Waals surface area contributed by atoms with Gasteiger partial charge in [-0.2, -0.15) is 0 Å². The summed E-state index contributed by atoms with van der Waals surface area (Å²) < 4.78 is 0. The molecule has 6 heteroatoms. The Bertz CT molecular complexity index is 376. The number of rotatable bonds is 2. The van der Waals surface area contributed by atoms with E-state index in [0.29, 0.717) is 11.1 Å². The van der Waals surface area contributed by atoms with E-state index in [9.17, 15) is 14.9 Å². The zero-order valence-electron chi connectivity index (χ0n) is 7.77. The summed E-state index contributed by atoms with van der Waals surface area (Å²) in [5.74, 6) is -0.875. The van der Waals surface area contributed by atoms with Gasteiger partial charge < -0.3 is 15.8 Å². The van der Waals surface area contributed by atoms with Crippen molar-refractivity contribution in [2.75, 3.05) is 0 Å². The number of carbonyl (C=O) groups is 1. The van der Waals surface area contributed by atoms with E-state index in [0.717, 1.165) is 6.20 Å². The summed E-state index contributed by atoms with van der Waals surface area (Å²) in [5, 5.41) is 10.5. The van der Waals surface area contributed by atoms with E-state index in [1.165, 1.54) is 6.92 Å². The lowest BCUT2D eigenvalue weighted by atomic mass is 10.1. The Labute approximate surface area is 79.9 Å². The lowest BCUT2D eigenvalue weighted by Crippen LogP contribution is -2.14. The number of hydrogen-bond donors (Lipinski definition) is 1. The van der Waals surface area contributed by atoms with Gasteiger partial charge >= 0.3 is 5.82 Å². The van der Waals surface area contributed by atoms with Crippen LogP contribution >= 0.6 is 0 Å². The Kier molecular flexibility index (Phi) is 2.46. The van der Waals surface area contributed by atoms with Crippen molar-refractivity contribution in [3.05, 3.63) is 33.0 Å². The average molecular weight is 195 g/mol. The van der Waals surface area contributed by atoms with Gasteiger partial charge in [0.2, 0.25) is 0 Å². The van der Waals surface area contributed by atoms with Crippen LogP contribution in [-0.2, 0) is 0 Å². The van der Waals surface area contributed by atoms with Crippen molar-refractivity contribution in [1.29, 1.82) is 0 Å². The second-order valence-corrected chi connectivity index (χ2v) is 2.87. The van der Waals surface area contributed by atoms with Crippen molar-refractivity contribution in [3.8, 4) is 0 Å². The Morgan fingerprint density at radius 1 is 1.50 bits per heavy atom. The second kappa shape index (κ2) is 3.41. The van der Waals surface area contributed by atoms with Crippen LogP contribution in [0.5, 0.6) is 0 Å². The fourth-order valence-corrected chi connectivity index (χ4v) is 1.12. The van der Waals surface area contributed by atoms with Gasteiger partial charge in [0.05, 0.1) is 11.1 Å². The molecule has 0 spiro atoms. The number of nitrogens with two attached hydrogens (primary N) is 1. The number of pyridine rings is 1. The molecule has 2 N–H and O–H groups in total. The minimum atomic E-state index is -0.631. The van der Waals surface area contributed by atoms with Gasteiger partial charge in [-0.05, 0) is 29.3 Å². The molecule has 6 nitrogen and oxygen atoms in total. The summed E-state index contributed by atoms with van der Waals surface area (Å²) in [7, 11) is 0. The van der Waals surface area contributed by atoms with Crippen LogP contribution in [0.4, 0.5) is 5.82 Å². The van der Waals surface area contributed by atoms with Crippen molar-refractivity contribution >= 4 is 11.7 Å². The monoisotopic (exact) mass is 195 g/mol. The lowest BCUT2D eigenvalue weighted by molar-refractivity contribution is -0.390. The first kappa shape index (κ1) is 10.1. The topological polar surface area (TPSA) is 99.1 Å². The fourth-order valence-electron chi connectivity index (χ4n) is 1.12. The largest absolute Gasteiger partial charge is 0.366 e. The average Bonchev–Trinajstić information content (AvgIpc) is 2.08. The first-order chi connectivity index (χ1) is 6.45. The van der Waals surface area contributed by atoms with Crippen LogP contribution in [0, 0.1) is 24.0 Å². The number of aromatic nitrogens is 1. The number of nitrogens with zero attached hydrogens (tertiary/aromatic N) is 2. The summed E-state index contributed by atoms with van der Waals surface area (Å²) in [4.78, 5) is 24.3. The first-order valence-electron chi connectivity index (χ1n) is 3.85. The molecule has 0 fully saturated rings. The Morgan fingerprint density at radius 2 is 2.07 bits per heavy atom. The molecule has 0 aliphatic carbocycles. The van der Waals surface area contributed by atoms with E-state index in [1.807, 2.05) is 0 Å². The van der Waals surface area contributed by atoms with Gasteiger partial charge in [-0.1, -0.05) is 0 Å². The third kappa shape index (κ3) is 1.54. The van der Waals surface area contributed by atoms with Crippen LogP contribution in [-0.4, -0.2) is 15.8 Å². The van der Waals surface area contributed by atoms with Crippen molar-refractivity contribution in [2.45, 2.75) is 13.8 Å². The number of carbonyl (C=O) groups excluding carboxylic acids is 1. The van der Waals surface area contributed by atoms with Gasteiger partial charge in [0.25, 0.3) is 5.91 Å². The quantitative estimate of drug-likeness (QED) is 0.554. The number of nitro groups is 1. The maximum Gasteiger partial charge on any atom is 0.366 e. The molecular formula is C8H9N3O3. The van der Waals surface area contributed by atoms with Crippen LogP contribution in [0.15, 0.2) is 6.20 Å². The van der Waals surface area contributed by atoms with E-state index in [4.69, 9.17) is 5.73 Å². The highest BCUT2D eigenvalue weighted by atomic mass is 16.6. The third-order valence-corrected chi connectivity index (χ3v) is 2.06. The lowest BCUT2D eigenvalue weighted by Gasteiger charge is -2.03. The van der Waals surface area contributed by atoms with E-state index in [1.54, 1.807) is 6.92 Å². The minimum absolute atomic E-state index is 0.216. The van der Waals surface area contributed by atoms with Crippen LogP contribution < -0.4 is 5.73 Å². The van der Waals surface area contributed by atoms with Crippen molar-refractivity contribution in [1.82, 2.24) is 4.98 Å². The van der Waals surface area contributed by atoms with Crippen molar-refractivity contribution < 1.29 is 9.72 Å². The highest BCUT2D eigenvalue weighted by molar-refractivity contribution is 5.94. The SMILES string of the molecule is Cc1c(C(N)=O)cnc([N+](=O)[O-])c1C. The molecule has 14 heavy (non-hydrogen) atoms. The van der Waals surface area contributed by atoms with Crippen molar-refractivity contribution in [3.63, 3.8) is 0 Å². The van der Waals surface area contributed by atoms with E-state index >= 15 is 0 Å². The molecule has 1 heterocycles. The maximum atomic E-state index is 10.9. The molecule has 0 aromatic carbocycles. The second-order valence-electron chi connectivity index (χ2n) is 2.87. The fraction of sp³-hybridized carbons (Fsp3) is 0.250. The summed E-state index contributed by atoms with van der Waals surface area (Å²) in [6.07, 6.45) is 1.13. The molecule has 1 aromatic heterocycles. The van der Waals surface area contributed by atoms with E-state index < -0.39 is 10.8 Å². The van der Waals surface area contributed by atoms with Gasteiger partial charge in [0.1, 0.15) is 0 Å². The Balaban J connectivity index is 3.41. The molecule has 0 aliphatic heterocycles. The zero-order valence-corrected chi connectivity index (χ0v) is 7.77. The van der Waals surface area contributed by atoms with Gasteiger partial charge in [0, 0.05) is 0 Å². The molecule has 0 bridgehead atoms. The zero-order chi connectivity index (χ0) is 10.9. The Morgan fingerprint density at radius 3 is 2.50 bits per heavy atom. The maximum absolute atomic E-state index is 10.9. The molecule has 0 unspecified atom stereocenters. The summed E-state index contributed by atoms with van der Waals surface area (Å²) in [5.41, 5.74) is 6.14. The van der Waals surface area contributed by atoms with Gasteiger partial charge in [-0.3, -0.25) is 4.79 Å². The summed E-state index contributed by atoms with van der Waals surface area (Å²) in [6, 6.07) is 0. The Hall–Kier alpha value is -1.98. The summed E-state index contributed by atoms with van der Waals surface area (Å²) in [6.45, 7) is 3.14. The number of primary amides is 1. The molecule has 0 radical (unpaired) electrons. The van der Waals surface area contributed by atoms with E-state index in [-0.39, 0.29) is 11.4 Å². The standard InChI is InChI=1S/C8H9N3O3/c1-4-5(2)8(11(13)14)10-3-6(4)7(9)12/h3H,1-2H3,(H2,9,12). The molecule has 0 saturated carbocycles. The van der Waals surface area contributed by atoms with Crippen LogP contribution in [0.1, 0.15) is 21.5 Å². The minimum Gasteiger partial charge on any atom is -0.365 e. The molecule has 74 valence electrons. The molecule has 0 saturated heterocycles. The highest BCUT2D eigenvalue weighted by Gasteiger charge is 2.18. The normalized spacial score (nSPS) is 9.86. The van der Waals surface area contributed by atoms with Crippen LogP contribution in [0.3, 0.4) is 0 Å². The predicted octanol–water partition coefficient (Wildman–Crippen LogP) is 0.706. The molecule has 0 atom stereocenters. The van der Waals surface area contributed by atoms with Crippen molar-refractivity contribution in [2.24, 2.45) is 5.73 Å². The molecule has 1 aromatic rings. The third-order valence-electron chi connectivity index (χ3n) is 2.06. The van der Waals surface area contributed by atoms with Gasteiger partial charge in [0.15, 0.2) is 6.20 Å².